The highest BCUT2D eigenvalue weighted by atomic mass is 35.5. The number of hydrogen-bond donors (Lipinski definition) is 0. The predicted molar refractivity (Wildman–Crippen MR) is 60.6 cm³/mol. The van der Waals surface area contributed by atoms with Crippen molar-refractivity contribution in [1.82, 2.24) is 15.0 Å². The smallest absolute Gasteiger partial charge is 0.212 e. The second-order valence-corrected chi connectivity index (χ2v) is 4.03. The Labute approximate surface area is 97.8 Å². The molecular formula is C11H10ClN3O. The minimum Gasteiger partial charge on any atom is -0.287 e. The molecular weight excluding hydrogens is 226 g/mol. The monoisotopic (exact) mass is 235 g/mol. The van der Waals surface area contributed by atoms with Crippen LogP contribution in [0.5, 0.6) is 0 Å². The van der Waals surface area contributed by atoms with Gasteiger partial charge in [-0.25, -0.2) is 4.68 Å². The van der Waals surface area contributed by atoms with E-state index in [0.717, 1.165) is 5.56 Å². The van der Waals surface area contributed by atoms with Crippen molar-refractivity contribution < 1.29 is 4.79 Å². The Bertz CT molecular complexity index is 528. The summed E-state index contributed by atoms with van der Waals surface area (Å²) >= 11 is 5.91. The minimum absolute atomic E-state index is 0.127. The first-order valence-electron chi connectivity index (χ1n) is 4.74. The number of hydrogen-bond acceptors (Lipinski definition) is 3. The SMILES string of the molecule is Cc1cc(Cl)cc(C(=O)c2cnnn2C)c1. The van der Waals surface area contributed by atoms with Crippen molar-refractivity contribution in [3.63, 3.8) is 0 Å². The summed E-state index contributed by atoms with van der Waals surface area (Å²) < 4.78 is 1.44. The summed E-state index contributed by atoms with van der Waals surface area (Å²) in [7, 11) is 1.68. The van der Waals surface area contributed by atoms with Crippen LogP contribution >= 0.6 is 11.6 Å². The highest BCUT2D eigenvalue weighted by Gasteiger charge is 2.14. The first-order chi connectivity index (χ1) is 7.58. The van der Waals surface area contributed by atoms with Crippen LogP contribution in [0.1, 0.15) is 21.6 Å². The van der Waals surface area contributed by atoms with Crippen LogP contribution in [-0.2, 0) is 7.05 Å². The van der Waals surface area contributed by atoms with E-state index in [0.29, 0.717) is 16.3 Å². The van der Waals surface area contributed by atoms with Gasteiger partial charge in [0, 0.05) is 17.6 Å². The maximum absolute atomic E-state index is 12.1. The summed E-state index contributed by atoms with van der Waals surface area (Å²) in [5.41, 5.74) is 1.95. The van der Waals surface area contributed by atoms with Gasteiger partial charge >= 0.3 is 0 Å². The molecule has 0 atom stereocenters. The van der Waals surface area contributed by atoms with Gasteiger partial charge in [0.05, 0.1) is 6.20 Å². The Morgan fingerprint density at radius 3 is 2.69 bits per heavy atom. The van der Waals surface area contributed by atoms with Crippen LogP contribution in [0.4, 0.5) is 0 Å². The van der Waals surface area contributed by atoms with E-state index in [1.165, 1.54) is 10.9 Å². The Kier molecular flexibility index (Phi) is 2.75. The van der Waals surface area contributed by atoms with Crippen LogP contribution in [-0.4, -0.2) is 20.8 Å². The summed E-state index contributed by atoms with van der Waals surface area (Å²) in [6, 6.07) is 5.24. The van der Waals surface area contributed by atoms with E-state index in [4.69, 9.17) is 11.6 Å². The molecule has 1 heterocycles. The molecule has 0 unspecified atom stereocenters. The number of aromatic nitrogens is 3. The van der Waals surface area contributed by atoms with Crippen molar-refractivity contribution >= 4 is 17.4 Å². The van der Waals surface area contributed by atoms with Gasteiger partial charge in [-0.05, 0) is 30.7 Å². The van der Waals surface area contributed by atoms with E-state index in [2.05, 4.69) is 10.3 Å². The van der Waals surface area contributed by atoms with E-state index in [-0.39, 0.29) is 5.78 Å². The lowest BCUT2D eigenvalue weighted by Crippen LogP contribution is -2.08. The van der Waals surface area contributed by atoms with E-state index >= 15 is 0 Å². The van der Waals surface area contributed by atoms with Crippen LogP contribution in [0.15, 0.2) is 24.4 Å². The molecule has 1 aromatic heterocycles. The first-order valence-corrected chi connectivity index (χ1v) is 5.12. The number of carbonyl (C=O) groups excluding carboxylic acids is 1. The molecule has 1 aromatic carbocycles. The molecule has 0 amide bonds. The standard InChI is InChI=1S/C11H10ClN3O/c1-7-3-8(5-9(12)4-7)11(16)10-6-13-14-15(10)2/h3-6H,1-2H3. The molecule has 0 aliphatic carbocycles. The molecule has 5 heteroatoms. The topological polar surface area (TPSA) is 47.8 Å². The second kappa shape index (κ2) is 4.06. The van der Waals surface area contributed by atoms with Gasteiger partial charge < -0.3 is 0 Å². The van der Waals surface area contributed by atoms with Crippen LogP contribution in [0, 0.1) is 6.92 Å². The van der Waals surface area contributed by atoms with Crippen molar-refractivity contribution in [2.24, 2.45) is 7.05 Å². The van der Waals surface area contributed by atoms with Crippen LogP contribution < -0.4 is 0 Å². The molecule has 0 saturated carbocycles. The molecule has 2 aromatic rings. The fraction of sp³-hybridized carbons (Fsp3) is 0.182. The van der Waals surface area contributed by atoms with Crippen LogP contribution in [0.25, 0.3) is 0 Å². The van der Waals surface area contributed by atoms with Crippen molar-refractivity contribution in [1.29, 1.82) is 0 Å². The van der Waals surface area contributed by atoms with Crippen LogP contribution in [0.2, 0.25) is 5.02 Å². The van der Waals surface area contributed by atoms with E-state index in [9.17, 15) is 4.79 Å². The van der Waals surface area contributed by atoms with Gasteiger partial charge in [0.2, 0.25) is 5.78 Å². The van der Waals surface area contributed by atoms with Crippen LogP contribution in [0.3, 0.4) is 0 Å². The number of halogens is 1. The highest BCUT2D eigenvalue weighted by Crippen LogP contribution is 2.17. The zero-order valence-electron chi connectivity index (χ0n) is 8.94. The first kappa shape index (κ1) is 10.8. The molecule has 0 fully saturated rings. The molecule has 2 rings (SSSR count). The number of rotatable bonds is 2. The van der Waals surface area contributed by atoms with Crippen molar-refractivity contribution in [2.75, 3.05) is 0 Å². The molecule has 0 saturated heterocycles. The fourth-order valence-electron chi connectivity index (χ4n) is 1.51. The quantitative estimate of drug-likeness (QED) is 0.748. The molecule has 0 aliphatic heterocycles. The third kappa shape index (κ3) is 1.97. The van der Waals surface area contributed by atoms with Crippen molar-refractivity contribution in [2.45, 2.75) is 6.92 Å². The molecule has 4 nitrogen and oxygen atoms in total. The van der Waals surface area contributed by atoms with Gasteiger partial charge in [-0.3, -0.25) is 4.79 Å². The second-order valence-electron chi connectivity index (χ2n) is 3.59. The fourth-order valence-corrected chi connectivity index (χ4v) is 1.80. The Morgan fingerprint density at radius 1 is 1.38 bits per heavy atom. The molecule has 0 N–H and O–H groups in total. The van der Waals surface area contributed by atoms with Gasteiger partial charge in [-0.1, -0.05) is 16.8 Å². The molecule has 0 spiro atoms. The lowest BCUT2D eigenvalue weighted by molar-refractivity contribution is 0.103. The summed E-state index contributed by atoms with van der Waals surface area (Å²) in [4.78, 5) is 12.1. The van der Waals surface area contributed by atoms with Gasteiger partial charge in [0.15, 0.2) is 0 Å². The maximum atomic E-state index is 12.1. The van der Waals surface area contributed by atoms with Gasteiger partial charge in [-0.15, -0.1) is 5.10 Å². The lowest BCUT2D eigenvalue weighted by Gasteiger charge is -2.02. The van der Waals surface area contributed by atoms with E-state index < -0.39 is 0 Å². The Morgan fingerprint density at radius 2 is 2.12 bits per heavy atom. The van der Waals surface area contributed by atoms with Crippen molar-refractivity contribution in [3.8, 4) is 0 Å². The Hall–Kier alpha value is -1.68. The third-order valence-electron chi connectivity index (χ3n) is 2.25. The van der Waals surface area contributed by atoms with Crippen molar-refractivity contribution in [3.05, 3.63) is 46.2 Å². The average molecular weight is 236 g/mol. The maximum Gasteiger partial charge on any atom is 0.212 e. The average Bonchev–Trinajstić information content (AvgIpc) is 2.62. The zero-order valence-corrected chi connectivity index (χ0v) is 9.69. The van der Waals surface area contributed by atoms with Gasteiger partial charge in [-0.2, -0.15) is 0 Å². The minimum atomic E-state index is -0.127. The summed E-state index contributed by atoms with van der Waals surface area (Å²) in [5.74, 6) is -0.127. The molecule has 82 valence electrons. The van der Waals surface area contributed by atoms with Gasteiger partial charge in [0.1, 0.15) is 5.69 Å². The summed E-state index contributed by atoms with van der Waals surface area (Å²) in [6.45, 7) is 1.89. The Balaban J connectivity index is 2.45. The predicted octanol–water partition coefficient (Wildman–Crippen LogP) is 2.01. The highest BCUT2D eigenvalue weighted by molar-refractivity contribution is 6.31. The molecule has 0 aliphatic rings. The van der Waals surface area contributed by atoms with Gasteiger partial charge in [0.25, 0.3) is 0 Å². The van der Waals surface area contributed by atoms with E-state index in [1.807, 2.05) is 6.92 Å². The summed E-state index contributed by atoms with van der Waals surface area (Å²) in [5, 5.41) is 7.95. The number of aryl methyl sites for hydroxylation is 2. The number of carbonyl (C=O) groups is 1. The molecule has 0 radical (unpaired) electrons. The number of nitrogens with zero attached hydrogens (tertiary/aromatic N) is 3. The normalized spacial score (nSPS) is 10.4. The summed E-state index contributed by atoms with van der Waals surface area (Å²) in [6.07, 6.45) is 1.44. The zero-order chi connectivity index (χ0) is 11.7. The molecule has 16 heavy (non-hydrogen) atoms. The number of ketones is 1. The largest absolute Gasteiger partial charge is 0.287 e. The third-order valence-corrected chi connectivity index (χ3v) is 2.47. The van der Waals surface area contributed by atoms with E-state index in [1.54, 1.807) is 25.2 Å². The lowest BCUT2D eigenvalue weighted by atomic mass is 10.1. The molecule has 0 bridgehead atoms. The number of benzene rings is 1.